The van der Waals surface area contributed by atoms with Gasteiger partial charge in [0.15, 0.2) is 0 Å². The Balaban J connectivity index is 2.43. The van der Waals surface area contributed by atoms with Gasteiger partial charge in [-0.1, -0.05) is 23.2 Å². The van der Waals surface area contributed by atoms with Crippen molar-refractivity contribution in [2.75, 3.05) is 5.32 Å². The number of anilines is 1. The minimum atomic E-state index is -0.977. The van der Waals surface area contributed by atoms with Crippen LogP contribution in [0.5, 0.6) is 0 Å². The topological polar surface area (TPSA) is 159 Å². The van der Waals surface area contributed by atoms with Crippen molar-refractivity contribution in [3.8, 4) is 0 Å². The number of halogens is 2. The van der Waals surface area contributed by atoms with E-state index in [1.165, 1.54) is 0 Å². The van der Waals surface area contributed by atoms with Gasteiger partial charge >= 0.3 is 0 Å². The van der Waals surface area contributed by atoms with Crippen LogP contribution in [0.4, 0.5) is 22.7 Å². The van der Waals surface area contributed by atoms with Crippen LogP contribution in [0.15, 0.2) is 30.3 Å². The van der Waals surface area contributed by atoms with Crippen LogP contribution in [0.3, 0.4) is 0 Å². The van der Waals surface area contributed by atoms with Gasteiger partial charge < -0.3 is 5.32 Å². The first-order chi connectivity index (χ1) is 12.1. The van der Waals surface area contributed by atoms with E-state index < -0.39 is 43.3 Å². The van der Waals surface area contributed by atoms with E-state index >= 15 is 0 Å². The lowest BCUT2D eigenvalue weighted by atomic mass is 10.1. The van der Waals surface area contributed by atoms with E-state index in [1.807, 2.05) is 0 Å². The number of hydrogen-bond acceptors (Lipinski definition) is 7. The lowest BCUT2D eigenvalue weighted by Crippen LogP contribution is -2.13. The monoisotopic (exact) mass is 400 g/mol. The lowest BCUT2D eigenvalue weighted by Gasteiger charge is -2.09. The van der Waals surface area contributed by atoms with Crippen molar-refractivity contribution >= 4 is 51.9 Å². The molecule has 1 amide bonds. The summed E-state index contributed by atoms with van der Waals surface area (Å²) in [5.41, 5.74) is -2.31. The molecule has 134 valence electrons. The van der Waals surface area contributed by atoms with Crippen molar-refractivity contribution in [1.29, 1.82) is 0 Å². The highest BCUT2D eigenvalue weighted by molar-refractivity contribution is 6.40. The minimum absolute atomic E-state index is 0.182. The molecule has 0 saturated carbocycles. The lowest BCUT2D eigenvalue weighted by molar-refractivity contribution is -0.394. The number of benzene rings is 2. The minimum Gasteiger partial charge on any atom is -0.319 e. The molecule has 0 aromatic heterocycles. The Morgan fingerprint density at radius 1 is 0.769 bits per heavy atom. The molecule has 2 aromatic rings. The number of rotatable bonds is 5. The summed E-state index contributed by atoms with van der Waals surface area (Å²) in [6.45, 7) is 0. The van der Waals surface area contributed by atoms with Crippen molar-refractivity contribution in [3.63, 3.8) is 0 Å². The second kappa shape index (κ2) is 7.29. The normalized spacial score (nSPS) is 10.2. The molecule has 0 heterocycles. The summed E-state index contributed by atoms with van der Waals surface area (Å²) in [5.74, 6) is -0.977. The highest BCUT2D eigenvalue weighted by Gasteiger charge is 2.22. The van der Waals surface area contributed by atoms with E-state index in [9.17, 15) is 35.1 Å². The van der Waals surface area contributed by atoms with Gasteiger partial charge in [-0.05, 0) is 0 Å². The summed E-state index contributed by atoms with van der Waals surface area (Å²) >= 11 is 11.7. The van der Waals surface area contributed by atoms with Crippen LogP contribution < -0.4 is 5.32 Å². The first kappa shape index (κ1) is 19.0. The molecule has 0 radical (unpaired) electrons. The van der Waals surface area contributed by atoms with Gasteiger partial charge in [0.2, 0.25) is 0 Å². The number of hydrogen-bond donors (Lipinski definition) is 1. The molecule has 0 unspecified atom stereocenters. The van der Waals surface area contributed by atoms with Gasteiger partial charge in [-0.15, -0.1) is 0 Å². The van der Waals surface area contributed by atoms with Gasteiger partial charge in [-0.2, -0.15) is 0 Å². The number of carbonyl (C=O) groups is 1. The smallest absolute Gasteiger partial charge is 0.277 e. The Hall–Kier alpha value is -3.31. The van der Waals surface area contributed by atoms with Gasteiger partial charge in [0.05, 0.1) is 42.1 Å². The third kappa shape index (κ3) is 4.02. The maximum Gasteiger partial charge on any atom is 0.277 e. The fraction of sp³-hybridized carbons (Fsp3) is 0. The van der Waals surface area contributed by atoms with E-state index in [2.05, 4.69) is 5.32 Å². The number of amides is 1. The molecule has 1 N–H and O–H groups in total. The van der Waals surface area contributed by atoms with E-state index in [4.69, 9.17) is 23.2 Å². The summed E-state index contributed by atoms with van der Waals surface area (Å²) in [6.07, 6.45) is 0. The highest BCUT2D eigenvalue weighted by Crippen LogP contribution is 2.35. The molecule has 0 aliphatic carbocycles. The SMILES string of the molecule is O=C(Nc1c(Cl)cc([N+](=O)[O-])cc1Cl)c1cc([N+](=O)[O-])cc([N+](=O)[O-])c1. The van der Waals surface area contributed by atoms with Crippen molar-refractivity contribution in [1.82, 2.24) is 0 Å². The van der Waals surface area contributed by atoms with Crippen LogP contribution in [-0.2, 0) is 0 Å². The Kier molecular flexibility index (Phi) is 5.33. The maximum absolute atomic E-state index is 12.3. The molecule has 0 bridgehead atoms. The Labute approximate surface area is 153 Å². The van der Waals surface area contributed by atoms with Crippen LogP contribution >= 0.6 is 23.2 Å². The molecule has 0 fully saturated rings. The van der Waals surface area contributed by atoms with Crippen LogP contribution in [0.25, 0.3) is 0 Å². The van der Waals surface area contributed by atoms with Gasteiger partial charge in [-0.3, -0.25) is 35.1 Å². The van der Waals surface area contributed by atoms with Gasteiger partial charge in [0.25, 0.3) is 23.0 Å². The van der Waals surface area contributed by atoms with Crippen molar-refractivity contribution < 1.29 is 19.6 Å². The van der Waals surface area contributed by atoms with E-state index in [-0.39, 0.29) is 15.7 Å². The number of nitrogens with one attached hydrogen (secondary N) is 1. The van der Waals surface area contributed by atoms with Gasteiger partial charge in [-0.25, -0.2) is 0 Å². The maximum atomic E-state index is 12.3. The fourth-order valence-corrected chi connectivity index (χ4v) is 2.48. The number of nitro groups is 3. The average molecular weight is 401 g/mol. The fourth-order valence-electron chi connectivity index (χ4n) is 1.91. The molecule has 0 aliphatic heterocycles. The Morgan fingerprint density at radius 3 is 1.54 bits per heavy atom. The van der Waals surface area contributed by atoms with Crippen LogP contribution in [-0.4, -0.2) is 20.7 Å². The number of carbonyl (C=O) groups excluding carboxylic acids is 1. The Bertz CT molecular complexity index is 908. The van der Waals surface area contributed by atoms with Crippen LogP contribution in [0, 0.1) is 30.3 Å². The molecule has 0 spiro atoms. The first-order valence-corrected chi connectivity index (χ1v) is 7.24. The van der Waals surface area contributed by atoms with Gasteiger partial charge in [0, 0.05) is 24.3 Å². The summed E-state index contributed by atoms with van der Waals surface area (Å²) in [7, 11) is 0. The number of non-ortho nitro benzene ring substituents is 3. The Morgan fingerprint density at radius 2 is 1.15 bits per heavy atom. The molecule has 26 heavy (non-hydrogen) atoms. The van der Waals surface area contributed by atoms with E-state index in [1.54, 1.807) is 0 Å². The molecule has 2 rings (SSSR count). The molecule has 0 aliphatic rings. The molecule has 0 saturated heterocycles. The van der Waals surface area contributed by atoms with Crippen molar-refractivity contribution in [2.45, 2.75) is 0 Å². The van der Waals surface area contributed by atoms with Crippen LogP contribution in [0.1, 0.15) is 10.4 Å². The zero-order valence-electron chi connectivity index (χ0n) is 12.3. The second-order valence-electron chi connectivity index (χ2n) is 4.75. The molecular formula is C13H6Cl2N4O7. The van der Waals surface area contributed by atoms with Crippen molar-refractivity contribution in [3.05, 3.63) is 76.3 Å². The zero-order valence-corrected chi connectivity index (χ0v) is 13.9. The molecule has 2 aromatic carbocycles. The average Bonchev–Trinajstić information content (AvgIpc) is 2.56. The molecule has 0 atom stereocenters. The predicted molar refractivity (Wildman–Crippen MR) is 90.8 cm³/mol. The largest absolute Gasteiger partial charge is 0.319 e. The number of nitro benzene ring substituents is 3. The third-order valence-corrected chi connectivity index (χ3v) is 3.66. The standard InChI is InChI=1S/C13H6Cl2N4O7/c14-10-4-9(19(25)26)5-11(15)12(10)16-13(20)6-1-7(17(21)22)3-8(2-6)18(23)24/h1-5H,(H,16,20). The predicted octanol–water partition coefficient (Wildman–Crippen LogP) is 3.97. The summed E-state index contributed by atoms with van der Waals surface area (Å²) in [5, 5.41) is 34.2. The van der Waals surface area contributed by atoms with E-state index in [0.717, 1.165) is 24.3 Å². The third-order valence-electron chi connectivity index (χ3n) is 3.06. The molecule has 13 heteroatoms. The van der Waals surface area contributed by atoms with Gasteiger partial charge in [0.1, 0.15) is 0 Å². The summed E-state index contributed by atoms with van der Waals surface area (Å²) < 4.78 is 0. The second-order valence-corrected chi connectivity index (χ2v) is 5.56. The van der Waals surface area contributed by atoms with Crippen LogP contribution in [0.2, 0.25) is 10.0 Å². The van der Waals surface area contributed by atoms with E-state index in [0.29, 0.717) is 6.07 Å². The van der Waals surface area contributed by atoms with Crippen molar-refractivity contribution in [2.24, 2.45) is 0 Å². The number of nitrogens with zero attached hydrogens (tertiary/aromatic N) is 3. The molecular weight excluding hydrogens is 395 g/mol. The molecule has 11 nitrogen and oxygen atoms in total. The summed E-state index contributed by atoms with van der Waals surface area (Å²) in [6, 6.07) is 4.24. The zero-order chi connectivity index (χ0) is 19.6. The summed E-state index contributed by atoms with van der Waals surface area (Å²) in [4.78, 5) is 42.2. The first-order valence-electron chi connectivity index (χ1n) is 6.49. The quantitative estimate of drug-likeness (QED) is 0.586. The highest BCUT2D eigenvalue weighted by atomic mass is 35.5.